The summed E-state index contributed by atoms with van der Waals surface area (Å²) in [4.78, 5) is 16.8. The molecule has 0 radical (unpaired) electrons. The van der Waals surface area contributed by atoms with Crippen molar-refractivity contribution in [2.45, 2.75) is 25.2 Å². The number of benzene rings is 2. The fourth-order valence-corrected chi connectivity index (χ4v) is 4.74. The molecule has 2 aromatic rings. The van der Waals surface area contributed by atoms with Gasteiger partial charge in [-0.1, -0.05) is 35.9 Å². The summed E-state index contributed by atoms with van der Waals surface area (Å²) < 4.78 is 27.5. The van der Waals surface area contributed by atoms with E-state index in [1.807, 2.05) is 36.1 Å². The van der Waals surface area contributed by atoms with Crippen LogP contribution in [0.1, 0.15) is 17.5 Å². The molecule has 0 aromatic heterocycles. The normalized spacial score (nSPS) is 14.9. The standard InChI is InChI=1S/C21H27N3O3S/c1-17-8-9-20(18(2)16-17)28(26,27)22-11-10-21(25)24-14-12-23(13-15-24)19-6-4-3-5-7-19/h3-9,16,22H,10-15H2,1-2H3. The maximum Gasteiger partial charge on any atom is 0.240 e. The number of nitrogens with one attached hydrogen (secondary N) is 1. The average Bonchev–Trinajstić information content (AvgIpc) is 2.68. The number of hydrogen-bond donors (Lipinski definition) is 1. The molecule has 0 aliphatic carbocycles. The minimum Gasteiger partial charge on any atom is -0.368 e. The zero-order valence-corrected chi connectivity index (χ0v) is 17.2. The molecule has 0 spiro atoms. The van der Waals surface area contributed by atoms with Crippen molar-refractivity contribution in [3.05, 3.63) is 59.7 Å². The second-order valence-electron chi connectivity index (χ2n) is 7.12. The highest BCUT2D eigenvalue weighted by molar-refractivity contribution is 7.89. The van der Waals surface area contributed by atoms with E-state index in [0.717, 1.165) is 24.3 Å². The molecule has 0 saturated carbocycles. The van der Waals surface area contributed by atoms with Gasteiger partial charge in [0.2, 0.25) is 15.9 Å². The summed E-state index contributed by atoms with van der Waals surface area (Å²) in [7, 11) is -3.61. The monoisotopic (exact) mass is 401 g/mol. The van der Waals surface area contributed by atoms with E-state index in [0.29, 0.717) is 18.7 Å². The fourth-order valence-electron chi connectivity index (χ4n) is 3.48. The number of nitrogens with zero attached hydrogens (tertiary/aromatic N) is 2. The van der Waals surface area contributed by atoms with Crippen LogP contribution in [0.5, 0.6) is 0 Å². The predicted molar refractivity (Wildman–Crippen MR) is 111 cm³/mol. The Morgan fingerprint density at radius 2 is 1.68 bits per heavy atom. The molecule has 1 saturated heterocycles. The van der Waals surface area contributed by atoms with Crippen LogP contribution in [0.3, 0.4) is 0 Å². The molecule has 7 heteroatoms. The zero-order valence-electron chi connectivity index (χ0n) is 16.4. The first-order chi connectivity index (χ1) is 13.4. The van der Waals surface area contributed by atoms with Crippen molar-refractivity contribution < 1.29 is 13.2 Å². The molecule has 1 N–H and O–H groups in total. The summed E-state index contributed by atoms with van der Waals surface area (Å²) in [6.45, 7) is 6.67. The number of hydrogen-bond acceptors (Lipinski definition) is 4. The molecule has 2 aromatic carbocycles. The summed E-state index contributed by atoms with van der Waals surface area (Å²) in [6.07, 6.45) is 0.162. The first-order valence-corrected chi connectivity index (χ1v) is 11.0. The van der Waals surface area contributed by atoms with Crippen molar-refractivity contribution >= 4 is 21.6 Å². The Labute approximate surface area is 167 Å². The largest absolute Gasteiger partial charge is 0.368 e. The van der Waals surface area contributed by atoms with Gasteiger partial charge in [-0.3, -0.25) is 4.79 Å². The molecular formula is C21H27N3O3S. The highest BCUT2D eigenvalue weighted by Gasteiger charge is 2.22. The van der Waals surface area contributed by atoms with Crippen LogP contribution in [0.2, 0.25) is 0 Å². The molecule has 3 rings (SSSR count). The molecule has 150 valence electrons. The lowest BCUT2D eigenvalue weighted by Crippen LogP contribution is -2.49. The number of para-hydroxylation sites is 1. The van der Waals surface area contributed by atoms with Crippen LogP contribution in [0, 0.1) is 13.8 Å². The van der Waals surface area contributed by atoms with Crippen LogP contribution in [0.4, 0.5) is 5.69 Å². The van der Waals surface area contributed by atoms with Crippen LogP contribution in [0.25, 0.3) is 0 Å². The summed E-state index contributed by atoms with van der Waals surface area (Å²) >= 11 is 0. The minimum atomic E-state index is -3.61. The molecule has 1 fully saturated rings. The van der Waals surface area contributed by atoms with Gasteiger partial charge >= 0.3 is 0 Å². The van der Waals surface area contributed by atoms with Crippen molar-refractivity contribution in [3.8, 4) is 0 Å². The maximum absolute atomic E-state index is 12.5. The number of aryl methyl sites for hydroxylation is 2. The van der Waals surface area contributed by atoms with Crippen molar-refractivity contribution in [3.63, 3.8) is 0 Å². The number of anilines is 1. The average molecular weight is 402 g/mol. The summed E-state index contributed by atoms with van der Waals surface area (Å²) in [5.41, 5.74) is 2.88. The third-order valence-corrected chi connectivity index (χ3v) is 6.63. The Morgan fingerprint density at radius 1 is 1.00 bits per heavy atom. The van der Waals surface area contributed by atoms with E-state index in [1.54, 1.807) is 19.1 Å². The van der Waals surface area contributed by atoms with Crippen LogP contribution < -0.4 is 9.62 Å². The van der Waals surface area contributed by atoms with E-state index in [1.165, 1.54) is 0 Å². The molecule has 0 unspecified atom stereocenters. The highest BCUT2D eigenvalue weighted by Crippen LogP contribution is 2.17. The number of carbonyl (C=O) groups is 1. The third kappa shape index (κ3) is 4.91. The molecule has 6 nitrogen and oxygen atoms in total. The third-order valence-electron chi connectivity index (χ3n) is 5.00. The van der Waals surface area contributed by atoms with Gasteiger partial charge in [-0.05, 0) is 37.6 Å². The van der Waals surface area contributed by atoms with Crippen LogP contribution in [-0.2, 0) is 14.8 Å². The number of sulfonamides is 1. The van der Waals surface area contributed by atoms with E-state index in [-0.39, 0.29) is 23.8 Å². The summed E-state index contributed by atoms with van der Waals surface area (Å²) in [6, 6.07) is 15.4. The lowest BCUT2D eigenvalue weighted by Gasteiger charge is -2.36. The highest BCUT2D eigenvalue weighted by atomic mass is 32.2. The topological polar surface area (TPSA) is 69.7 Å². The Morgan fingerprint density at radius 3 is 2.32 bits per heavy atom. The van der Waals surface area contributed by atoms with Gasteiger partial charge in [0.05, 0.1) is 4.90 Å². The molecule has 1 heterocycles. The second-order valence-corrected chi connectivity index (χ2v) is 8.86. The molecule has 0 bridgehead atoms. The smallest absolute Gasteiger partial charge is 0.240 e. The molecule has 0 atom stereocenters. The predicted octanol–water partition coefficient (Wildman–Crippen LogP) is 2.32. The van der Waals surface area contributed by atoms with Gasteiger partial charge in [-0.15, -0.1) is 0 Å². The minimum absolute atomic E-state index is 0.0176. The quantitative estimate of drug-likeness (QED) is 0.807. The summed E-state index contributed by atoms with van der Waals surface area (Å²) in [5.74, 6) is -0.0176. The first-order valence-electron chi connectivity index (χ1n) is 9.51. The Kier molecular flexibility index (Phi) is 6.36. The SMILES string of the molecule is Cc1ccc(S(=O)(=O)NCCC(=O)N2CCN(c3ccccc3)CC2)c(C)c1. The number of amides is 1. The first kappa shape index (κ1) is 20.4. The van der Waals surface area contributed by atoms with E-state index in [2.05, 4.69) is 21.8 Å². The van der Waals surface area contributed by atoms with Crippen LogP contribution >= 0.6 is 0 Å². The number of rotatable bonds is 6. The summed E-state index contributed by atoms with van der Waals surface area (Å²) in [5, 5.41) is 0. The van der Waals surface area contributed by atoms with Gasteiger partial charge in [0.15, 0.2) is 0 Å². The van der Waals surface area contributed by atoms with Crippen molar-refractivity contribution in [2.75, 3.05) is 37.6 Å². The van der Waals surface area contributed by atoms with Gasteiger partial charge in [0.1, 0.15) is 0 Å². The zero-order chi connectivity index (χ0) is 20.1. The number of piperazine rings is 1. The maximum atomic E-state index is 12.5. The van der Waals surface area contributed by atoms with Crippen molar-refractivity contribution in [1.29, 1.82) is 0 Å². The lowest BCUT2D eigenvalue weighted by molar-refractivity contribution is -0.131. The van der Waals surface area contributed by atoms with Crippen molar-refractivity contribution in [2.24, 2.45) is 0 Å². The van der Waals surface area contributed by atoms with E-state index < -0.39 is 10.0 Å². The number of carbonyl (C=O) groups excluding carboxylic acids is 1. The fraction of sp³-hybridized carbons (Fsp3) is 0.381. The molecule has 1 amide bonds. The van der Waals surface area contributed by atoms with Crippen LogP contribution in [0.15, 0.2) is 53.4 Å². The van der Waals surface area contributed by atoms with E-state index in [4.69, 9.17) is 0 Å². The molecule has 1 aliphatic heterocycles. The van der Waals surface area contributed by atoms with Crippen LogP contribution in [-0.4, -0.2) is 51.9 Å². The lowest BCUT2D eigenvalue weighted by atomic mass is 10.2. The Bertz CT molecular complexity index is 921. The Hall–Kier alpha value is -2.38. The van der Waals surface area contributed by atoms with Gasteiger partial charge in [-0.2, -0.15) is 0 Å². The molecule has 28 heavy (non-hydrogen) atoms. The second kappa shape index (κ2) is 8.75. The van der Waals surface area contributed by atoms with Gasteiger partial charge in [0, 0.05) is 44.8 Å². The van der Waals surface area contributed by atoms with Gasteiger partial charge < -0.3 is 9.80 Å². The van der Waals surface area contributed by atoms with Crippen molar-refractivity contribution in [1.82, 2.24) is 9.62 Å². The molecule has 1 aliphatic rings. The van der Waals surface area contributed by atoms with E-state index in [9.17, 15) is 13.2 Å². The van der Waals surface area contributed by atoms with Gasteiger partial charge in [0.25, 0.3) is 0 Å². The Balaban J connectivity index is 1.48. The van der Waals surface area contributed by atoms with Gasteiger partial charge in [-0.25, -0.2) is 13.1 Å². The molecular weight excluding hydrogens is 374 g/mol. The van der Waals surface area contributed by atoms with E-state index >= 15 is 0 Å².